The highest BCUT2D eigenvalue weighted by Crippen LogP contribution is 2.29. The summed E-state index contributed by atoms with van der Waals surface area (Å²) < 4.78 is 39.0. The molecule has 1 heterocycles. The van der Waals surface area contributed by atoms with Gasteiger partial charge in [0.1, 0.15) is 0 Å². The molecule has 3 nitrogen and oxygen atoms in total. The molecule has 0 aliphatic rings. The fourth-order valence-corrected chi connectivity index (χ4v) is 2.15. The summed E-state index contributed by atoms with van der Waals surface area (Å²) in [4.78, 5) is 0. The first-order valence-corrected chi connectivity index (χ1v) is 6.78. The van der Waals surface area contributed by atoms with Crippen molar-refractivity contribution in [3.8, 4) is 5.69 Å². The van der Waals surface area contributed by atoms with Gasteiger partial charge in [-0.2, -0.15) is 18.3 Å². The first-order valence-electron chi connectivity index (χ1n) is 6.78. The van der Waals surface area contributed by atoms with Crippen molar-refractivity contribution in [2.45, 2.75) is 38.9 Å². The normalized spacial score (nSPS) is 13.4. The van der Waals surface area contributed by atoms with E-state index in [1.54, 1.807) is 6.07 Å². The summed E-state index contributed by atoms with van der Waals surface area (Å²) in [5, 5.41) is 3.79. The van der Waals surface area contributed by atoms with Gasteiger partial charge in [0.15, 0.2) is 0 Å². The zero-order chi connectivity index (χ0) is 15.6. The number of nitrogens with zero attached hydrogens (tertiary/aromatic N) is 2. The van der Waals surface area contributed by atoms with E-state index in [4.69, 9.17) is 5.73 Å². The lowest BCUT2D eigenvalue weighted by atomic mass is 10.0. The Balaban J connectivity index is 2.27. The second kappa shape index (κ2) is 5.89. The summed E-state index contributed by atoms with van der Waals surface area (Å²) in [6, 6.07) is 5.70. The number of nitrogens with two attached hydrogens (primary N) is 1. The largest absolute Gasteiger partial charge is 0.419 e. The second-order valence-electron chi connectivity index (χ2n) is 5.16. The lowest BCUT2D eigenvalue weighted by molar-refractivity contribution is -0.137. The third-order valence-corrected chi connectivity index (χ3v) is 3.44. The molecular weight excluding hydrogens is 279 g/mol. The molecule has 0 spiro atoms. The lowest BCUT2D eigenvalue weighted by Crippen LogP contribution is -2.21. The average molecular weight is 297 g/mol. The third kappa shape index (κ3) is 3.64. The van der Waals surface area contributed by atoms with Crippen LogP contribution in [0.1, 0.15) is 30.0 Å². The van der Waals surface area contributed by atoms with Crippen LogP contribution < -0.4 is 5.73 Å². The van der Waals surface area contributed by atoms with Gasteiger partial charge in [0.05, 0.1) is 17.4 Å². The standard InChI is InChI=1S/C15H18F3N3/c1-3-13(19)7-11-4-5-14(10(2)6-11)21-9-12(8-20-21)15(16,17)18/h4-6,8-9,13H,3,7,19H2,1-2H3. The summed E-state index contributed by atoms with van der Waals surface area (Å²) in [5.41, 5.74) is 7.75. The Morgan fingerprint density at radius 1 is 1.33 bits per heavy atom. The number of hydrogen-bond acceptors (Lipinski definition) is 2. The van der Waals surface area contributed by atoms with Crippen LogP contribution in [0.5, 0.6) is 0 Å². The number of benzene rings is 1. The van der Waals surface area contributed by atoms with Crippen molar-refractivity contribution < 1.29 is 13.2 Å². The summed E-state index contributed by atoms with van der Waals surface area (Å²) in [6.07, 6.45) is -0.903. The maximum absolute atomic E-state index is 12.6. The molecule has 1 atom stereocenters. The number of aromatic nitrogens is 2. The van der Waals surface area contributed by atoms with Crippen LogP contribution in [0.25, 0.3) is 5.69 Å². The molecule has 2 aromatic rings. The molecule has 21 heavy (non-hydrogen) atoms. The fraction of sp³-hybridized carbons (Fsp3) is 0.400. The third-order valence-electron chi connectivity index (χ3n) is 3.44. The van der Waals surface area contributed by atoms with Gasteiger partial charge >= 0.3 is 6.18 Å². The minimum absolute atomic E-state index is 0.0942. The summed E-state index contributed by atoms with van der Waals surface area (Å²) in [7, 11) is 0. The quantitative estimate of drug-likeness (QED) is 0.939. The van der Waals surface area contributed by atoms with Crippen LogP contribution >= 0.6 is 0 Å². The smallest absolute Gasteiger partial charge is 0.327 e. The van der Waals surface area contributed by atoms with E-state index in [9.17, 15) is 13.2 Å². The maximum atomic E-state index is 12.6. The molecule has 0 aliphatic heterocycles. The number of hydrogen-bond donors (Lipinski definition) is 1. The van der Waals surface area contributed by atoms with Gasteiger partial charge in [-0.3, -0.25) is 0 Å². The number of alkyl halides is 3. The summed E-state index contributed by atoms with van der Waals surface area (Å²) in [6.45, 7) is 3.87. The molecule has 0 fully saturated rings. The van der Waals surface area contributed by atoms with Gasteiger partial charge in [-0.25, -0.2) is 4.68 Å². The molecule has 2 rings (SSSR count). The first kappa shape index (κ1) is 15.6. The molecule has 1 aromatic heterocycles. The molecule has 6 heteroatoms. The zero-order valence-electron chi connectivity index (χ0n) is 12.0. The number of halogens is 3. The van der Waals surface area contributed by atoms with Crippen molar-refractivity contribution in [1.29, 1.82) is 0 Å². The van der Waals surface area contributed by atoms with Crippen LogP contribution in [0, 0.1) is 6.92 Å². The molecule has 2 N–H and O–H groups in total. The van der Waals surface area contributed by atoms with Crippen LogP contribution in [0.2, 0.25) is 0 Å². The summed E-state index contributed by atoms with van der Waals surface area (Å²) >= 11 is 0. The molecule has 0 amide bonds. The van der Waals surface area contributed by atoms with Gasteiger partial charge in [-0.05, 0) is 37.0 Å². The Kier molecular flexibility index (Phi) is 4.37. The predicted octanol–water partition coefficient (Wildman–Crippen LogP) is 3.48. The van der Waals surface area contributed by atoms with E-state index in [-0.39, 0.29) is 6.04 Å². The monoisotopic (exact) mass is 297 g/mol. The van der Waals surface area contributed by atoms with Crippen molar-refractivity contribution in [3.05, 3.63) is 47.3 Å². The maximum Gasteiger partial charge on any atom is 0.419 e. The van der Waals surface area contributed by atoms with Crippen molar-refractivity contribution in [1.82, 2.24) is 9.78 Å². The van der Waals surface area contributed by atoms with Crippen molar-refractivity contribution in [2.75, 3.05) is 0 Å². The van der Waals surface area contributed by atoms with Gasteiger partial charge in [-0.15, -0.1) is 0 Å². The highest BCUT2D eigenvalue weighted by Gasteiger charge is 2.32. The Bertz CT molecular complexity index is 617. The number of aryl methyl sites for hydroxylation is 1. The Morgan fingerprint density at radius 2 is 2.05 bits per heavy atom. The molecule has 0 aliphatic carbocycles. The Labute approximate surface area is 121 Å². The van der Waals surface area contributed by atoms with Crippen LogP contribution in [-0.2, 0) is 12.6 Å². The molecule has 0 bridgehead atoms. The molecule has 1 unspecified atom stereocenters. The zero-order valence-corrected chi connectivity index (χ0v) is 12.0. The Hall–Kier alpha value is -1.82. The minimum Gasteiger partial charge on any atom is -0.327 e. The van der Waals surface area contributed by atoms with E-state index in [1.165, 1.54) is 4.68 Å². The molecular formula is C15H18F3N3. The van der Waals surface area contributed by atoms with Gasteiger partial charge in [0, 0.05) is 12.2 Å². The van der Waals surface area contributed by atoms with Crippen LogP contribution in [0.3, 0.4) is 0 Å². The first-order chi connectivity index (χ1) is 9.81. The molecule has 0 radical (unpaired) electrons. The van der Waals surface area contributed by atoms with Crippen LogP contribution in [-0.4, -0.2) is 15.8 Å². The molecule has 0 saturated carbocycles. The molecule has 0 saturated heterocycles. The second-order valence-corrected chi connectivity index (χ2v) is 5.16. The van der Waals surface area contributed by atoms with Crippen LogP contribution in [0.15, 0.2) is 30.6 Å². The minimum atomic E-state index is -4.38. The Morgan fingerprint density at radius 3 is 2.57 bits per heavy atom. The molecule has 1 aromatic carbocycles. The van der Waals surface area contributed by atoms with Gasteiger partial charge in [0.25, 0.3) is 0 Å². The van der Waals surface area contributed by atoms with Crippen molar-refractivity contribution in [3.63, 3.8) is 0 Å². The van der Waals surface area contributed by atoms with E-state index in [1.807, 2.05) is 26.0 Å². The number of rotatable bonds is 4. The topological polar surface area (TPSA) is 43.8 Å². The summed E-state index contributed by atoms with van der Waals surface area (Å²) in [5.74, 6) is 0. The predicted molar refractivity (Wildman–Crippen MR) is 75.3 cm³/mol. The van der Waals surface area contributed by atoms with E-state index in [2.05, 4.69) is 5.10 Å². The van der Waals surface area contributed by atoms with Crippen LogP contribution in [0.4, 0.5) is 13.2 Å². The van der Waals surface area contributed by atoms with E-state index < -0.39 is 11.7 Å². The highest BCUT2D eigenvalue weighted by atomic mass is 19.4. The average Bonchev–Trinajstić information content (AvgIpc) is 2.88. The molecule has 114 valence electrons. The van der Waals surface area contributed by atoms with Crippen molar-refractivity contribution >= 4 is 0 Å². The van der Waals surface area contributed by atoms with Gasteiger partial charge in [0.2, 0.25) is 0 Å². The van der Waals surface area contributed by atoms with E-state index in [0.717, 1.165) is 36.4 Å². The van der Waals surface area contributed by atoms with Gasteiger partial charge in [-0.1, -0.05) is 19.1 Å². The van der Waals surface area contributed by atoms with Crippen molar-refractivity contribution in [2.24, 2.45) is 5.73 Å². The van der Waals surface area contributed by atoms with E-state index >= 15 is 0 Å². The van der Waals surface area contributed by atoms with E-state index in [0.29, 0.717) is 5.69 Å². The van der Waals surface area contributed by atoms with Gasteiger partial charge < -0.3 is 5.73 Å². The fourth-order valence-electron chi connectivity index (χ4n) is 2.15. The lowest BCUT2D eigenvalue weighted by Gasteiger charge is -2.12. The highest BCUT2D eigenvalue weighted by molar-refractivity contribution is 5.42. The SMILES string of the molecule is CCC(N)Cc1ccc(-n2cc(C(F)(F)F)cn2)c(C)c1.